The summed E-state index contributed by atoms with van der Waals surface area (Å²) in [5.74, 6) is 0.711. The van der Waals surface area contributed by atoms with Gasteiger partial charge in [-0.1, -0.05) is 59.7 Å². The van der Waals surface area contributed by atoms with Crippen LogP contribution in [-0.4, -0.2) is 43.0 Å². The van der Waals surface area contributed by atoms with Crippen LogP contribution in [-0.2, 0) is 9.59 Å². The molecule has 0 aliphatic rings. The van der Waals surface area contributed by atoms with Crippen LogP contribution >= 0.6 is 0 Å². The second-order valence-corrected chi connectivity index (χ2v) is 7.43. The van der Waals surface area contributed by atoms with E-state index in [2.05, 4.69) is 51.8 Å². The maximum Gasteiger partial charge on any atom is 0.311 e. The number of hydrogen-bond acceptors (Lipinski definition) is 4. The van der Waals surface area contributed by atoms with Gasteiger partial charge in [-0.15, -0.1) is 0 Å². The molecule has 0 atom stereocenters. The van der Waals surface area contributed by atoms with Gasteiger partial charge in [-0.25, -0.2) is 0 Å². The van der Waals surface area contributed by atoms with Crippen LogP contribution in [0.4, 0.5) is 0 Å². The van der Waals surface area contributed by atoms with Gasteiger partial charge in [-0.2, -0.15) is 0 Å². The normalized spacial score (nSPS) is 11.3. The summed E-state index contributed by atoms with van der Waals surface area (Å²) < 4.78 is 5.70. The minimum atomic E-state index is -0.358. The Bertz CT molecular complexity index is 581. The minimum Gasteiger partial charge on any atom is -0.426 e. The number of carbonyl (C=O) groups excluding carboxylic acids is 2. The first-order valence-corrected chi connectivity index (χ1v) is 10.1. The number of hydrogen-bond donors (Lipinski definition) is 1. The molecule has 5 nitrogen and oxygen atoms in total. The number of amides is 1. The summed E-state index contributed by atoms with van der Waals surface area (Å²) in [6.07, 6.45) is 0.235. The minimum absolute atomic E-state index is 0.0844. The largest absolute Gasteiger partial charge is 0.426 e. The van der Waals surface area contributed by atoms with Crippen molar-refractivity contribution in [2.75, 3.05) is 26.2 Å². The van der Waals surface area contributed by atoms with Crippen molar-refractivity contribution < 1.29 is 14.3 Å². The number of benzene rings is 1. The molecule has 0 aliphatic carbocycles. The first-order chi connectivity index (χ1) is 12.8. The maximum atomic E-state index is 12.3. The first-order valence-electron chi connectivity index (χ1n) is 10.1. The topological polar surface area (TPSA) is 58.6 Å². The summed E-state index contributed by atoms with van der Waals surface area (Å²) in [5, 5.41) is 2.87. The molecule has 0 saturated heterocycles. The number of nitrogens with one attached hydrogen (secondary N) is 1. The van der Waals surface area contributed by atoms with Gasteiger partial charge < -0.3 is 15.0 Å². The molecule has 1 aromatic carbocycles. The van der Waals surface area contributed by atoms with Crippen LogP contribution in [0.5, 0.6) is 5.75 Å². The Labute approximate surface area is 164 Å². The summed E-state index contributed by atoms with van der Waals surface area (Å²) in [6.45, 7) is 15.9. The van der Waals surface area contributed by atoms with Crippen molar-refractivity contribution in [3.05, 3.63) is 29.3 Å². The lowest BCUT2D eigenvalue weighted by molar-refractivity contribution is -0.136. The van der Waals surface area contributed by atoms with Gasteiger partial charge in [0.05, 0.1) is 6.42 Å². The van der Waals surface area contributed by atoms with Crippen LogP contribution in [0, 0.1) is 0 Å². The third-order valence-corrected chi connectivity index (χ3v) is 4.74. The number of ether oxygens (including phenoxy) is 1. The van der Waals surface area contributed by atoms with Crippen molar-refractivity contribution in [1.29, 1.82) is 0 Å². The molecule has 0 bridgehead atoms. The molecule has 152 valence electrons. The average molecular weight is 377 g/mol. The molecule has 1 rings (SSSR count). The van der Waals surface area contributed by atoms with Crippen LogP contribution in [0.25, 0.3) is 0 Å². The van der Waals surface area contributed by atoms with E-state index in [1.165, 1.54) is 0 Å². The zero-order chi connectivity index (χ0) is 20.4. The fourth-order valence-electron chi connectivity index (χ4n) is 2.96. The smallest absolute Gasteiger partial charge is 0.311 e. The quantitative estimate of drug-likeness (QED) is 0.467. The van der Waals surface area contributed by atoms with Crippen molar-refractivity contribution >= 4 is 11.9 Å². The molecule has 0 spiro atoms. The Balaban J connectivity index is 2.59. The van der Waals surface area contributed by atoms with Crippen LogP contribution in [0.2, 0.25) is 0 Å². The molecule has 0 radical (unpaired) electrons. The van der Waals surface area contributed by atoms with Crippen molar-refractivity contribution in [3.63, 3.8) is 0 Å². The third-order valence-electron chi connectivity index (χ3n) is 4.74. The molecule has 0 aliphatic heterocycles. The number of rotatable bonds is 11. The molecule has 0 fully saturated rings. The van der Waals surface area contributed by atoms with E-state index in [9.17, 15) is 9.59 Å². The number of nitrogens with zero attached hydrogens (tertiary/aromatic N) is 1. The van der Waals surface area contributed by atoms with Crippen molar-refractivity contribution in [2.24, 2.45) is 0 Å². The predicted octanol–water partition coefficient (Wildman–Crippen LogP) is 4.08. The average Bonchev–Trinajstić information content (AvgIpc) is 2.63. The van der Waals surface area contributed by atoms with E-state index in [1.807, 2.05) is 18.2 Å². The lowest BCUT2D eigenvalue weighted by Crippen LogP contribution is -2.35. The van der Waals surface area contributed by atoms with Gasteiger partial charge in [0.15, 0.2) is 0 Å². The van der Waals surface area contributed by atoms with Crippen LogP contribution < -0.4 is 10.1 Å². The zero-order valence-corrected chi connectivity index (χ0v) is 17.8. The van der Waals surface area contributed by atoms with E-state index in [4.69, 9.17) is 4.74 Å². The fourth-order valence-corrected chi connectivity index (χ4v) is 2.96. The van der Waals surface area contributed by atoms with Gasteiger partial charge in [0, 0.05) is 19.5 Å². The number of para-hydroxylation sites is 1. The summed E-state index contributed by atoms with van der Waals surface area (Å²) in [6, 6.07) is 6.00. The molecular weight excluding hydrogens is 340 g/mol. The summed E-state index contributed by atoms with van der Waals surface area (Å²) >= 11 is 0. The molecule has 27 heavy (non-hydrogen) atoms. The molecule has 0 aromatic heterocycles. The summed E-state index contributed by atoms with van der Waals surface area (Å²) in [7, 11) is 0. The highest BCUT2D eigenvalue weighted by atomic mass is 16.5. The lowest BCUT2D eigenvalue weighted by atomic mass is 9.94. The Morgan fingerprint density at radius 3 is 2.04 bits per heavy atom. The molecule has 1 amide bonds. The lowest BCUT2D eigenvalue weighted by Gasteiger charge is -2.19. The van der Waals surface area contributed by atoms with E-state index in [-0.39, 0.29) is 36.6 Å². The number of esters is 1. The van der Waals surface area contributed by atoms with Gasteiger partial charge in [0.2, 0.25) is 5.91 Å². The molecule has 0 unspecified atom stereocenters. The van der Waals surface area contributed by atoms with E-state index in [0.29, 0.717) is 12.3 Å². The van der Waals surface area contributed by atoms with Crippen molar-refractivity contribution in [1.82, 2.24) is 10.2 Å². The van der Waals surface area contributed by atoms with E-state index < -0.39 is 0 Å². The van der Waals surface area contributed by atoms with Gasteiger partial charge in [-0.05, 0) is 36.1 Å². The highest BCUT2D eigenvalue weighted by Gasteiger charge is 2.18. The molecular formula is C22H36N2O3. The zero-order valence-electron chi connectivity index (χ0n) is 17.8. The van der Waals surface area contributed by atoms with Gasteiger partial charge in [0.1, 0.15) is 5.75 Å². The van der Waals surface area contributed by atoms with Crippen LogP contribution in [0.1, 0.15) is 77.3 Å². The second kappa shape index (κ2) is 11.8. The van der Waals surface area contributed by atoms with Crippen molar-refractivity contribution in [2.45, 2.75) is 66.2 Å². The molecule has 0 saturated carbocycles. The van der Waals surface area contributed by atoms with Crippen LogP contribution in [0.3, 0.4) is 0 Å². The SMILES string of the molecule is CCN(CC)CCNC(=O)CCC(=O)Oc1c(C(C)C)cccc1C(C)C. The Morgan fingerprint density at radius 2 is 1.56 bits per heavy atom. The van der Waals surface area contributed by atoms with Gasteiger partial charge in [0.25, 0.3) is 0 Å². The maximum absolute atomic E-state index is 12.3. The van der Waals surface area contributed by atoms with Gasteiger partial charge in [-0.3, -0.25) is 9.59 Å². The third kappa shape index (κ3) is 7.71. The van der Waals surface area contributed by atoms with E-state index in [1.54, 1.807) is 0 Å². The molecule has 0 heterocycles. The number of carbonyl (C=O) groups is 2. The second-order valence-electron chi connectivity index (χ2n) is 7.43. The molecule has 1 N–H and O–H groups in total. The molecule has 1 aromatic rings. The Morgan fingerprint density at radius 1 is 1.00 bits per heavy atom. The van der Waals surface area contributed by atoms with Crippen molar-refractivity contribution in [3.8, 4) is 5.75 Å². The van der Waals surface area contributed by atoms with Gasteiger partial charge >= 0.3 is 5.97 Å². The fraction of sp³-hybridized carbons (Fsp3) is 0.636. The summed E-state index contributed by atoms with van der Waals surface area (Å²) in [4.78, 5) is 26.5. The monoisotopic (exact) mass is 376 g/mol. The van der Waals surface area contributed by atoms with Crippen LogP contribution in [0.15, 0.2) is 18.2 Å². The number of likely N-dealkylation sites (N-methyl/N-ethyl adjacent to an activating group) is 1. The Kier molecular flexibility index (Phi) is 10.1. The highest BCUT2D eigenvalue weighted by Crippen LogP contribution is 2.34. The summed E-state index contributed by atoms with van der Waals surface area (Å²) in [5.41, 5.74) is 2.05. The van der Waals surface area contributed by atoms with E-state index >= 15 is 0 Å². The predicted molar refractivity (Wildman–Crippen MR) is 110 cm³/mol. The standard InChI is InChI=1S/C22H36N2O3/c1-7-24(8-2)15-14-23-20(25)12-13-21(26)27-22-18(16(3)4)10-9-11-19(22)17(5)6/h9-11,16-17H,7-8,12-15H2,1-6H3,(H,23,25). The Hall–Kier alpha value is -1.88. The first kappa shape index (κ1) is 23.2. The molecule has 5 heteroatoms. The highest BCUT2D eigenvalue weighted by molar-refractivity contribution is 5.82. The van der Waals surface area contributed by atoms with E-state index in [0.717, 1.165) is 30.8 Å².